The molecule has 0 aromatic carbocycles. The minimum Gasteiger partial charge on any atom is -0.262 e. The van der Waals surface area contributed by atoms with E-state index < -0.39 is 21.3 Å². The van der Waals surface area contributed by atoms with Crippen LogP contribution in [0.3, 0.4) is 0 Å². The quantitative estimate of drug-likeness (QED) is 0.679. The lowest BCUT2D eigenvalue weighted by atomic mass is 10.3. The van der Waals surface area contributed by atoms with E-state index in [0.29, 0.717) is 6.20 Å². The lowest BCUT2D eigenvalue weighted by Crippen LogP contribution is -2.07. The molecule has 0 saturated carbocycles. The summed E-state index contributed by atoms with van der Waals surface area (Å²) < 4.78 is 47.6. The van der Waals surface area contributed by atoms with Gasteiger partial charge in [-0.05, 0) is 18.0 Å². The Morgan fingerprint density at radius 2 is 2.00 bits per heavy atom. The van der Waals surface area contributed by atoms with E-state index >= 15 is 0 Å². The molecule has 6 heteroatoms. The zero-order valence-electron chi connectivity index (χ0n) is 7.34. The molecule has 1 aromatic rings. The molecule has 14 heavy (non-hydrogen) atoms. The fraction of sp³-hybridized carbons (Fsp3) is 0.250. The van der Waals surface area contributed by atoms with E-state index in [4.69, 9.17) is 0 Å². The van der Waals surface area contributed by atoms with Crippen molar-refractivity contribution in [1.29, 1.82) is 0 Å². The van der Waals surface area contributed by atoms with Gasteiger partial charge in [0.05, 0.1) is 5.56 Å². The monoisotopic (exact) mass is 223 g/mol. The average Bonchev–Trinajstić information content (AvgIpc) is 2.01. The highest BCUT2D eigenvalue weighted by Crippen LogP contribution is 2.28. The van der Waals surface area contributed by atoms with Crippen molar-refractivity contribution in [3.05, 3.63) is 23.9 Å². The molecule has 1 rings (SSSR count). The molecule has 2 nitrogen and oxygen atoms in total. The first-order valence-corrected chi connectivity index (χ1v) is 5.70. The van der Waals surface area contributed by atoms with Crippen LogP contribution in [0.4, 0.5) is 13.2 Å². The third kappa shape index (κ3) is 2.47. The average molecular weight is 223 g/mol. The summed E-state index contributed by atoms with van der Waals surface area (Å²) >= 11 is 0. The molecule has 0 fully saturated rings. The topological polar surface area (TPSA) is 30.0 Å². The van der Waals surface area contributed by atoms with Gasteiger partial charge in [-0.15, -0.1) is 0 Å². The summed E-state index contributed by atoms with van der Waals surface area (Å²) in [6.45, 7) is 0. The Hall–Kier alpha value is -1.04. The van der Waals surface area contributed by atoms with Crippen molar-refractivity contribution in [1.82, 2.24) is 4.98 Å². The number of pyridine rings is 1. The minimum absolute atomic E-state index is 0.0745. The summed E-state index contributed by atoms with van der Waals surface area (Å²) in [7, 11) is -2.54. The van der Waals surface area contributed by atoms with Gasteiger partial charge in [0.2, 0.25) is 0 Å². The molecule has 0 aliphatic rings. The highest BCUT2D eigenvalue weighted by Gasteiger charge is 2.30. The number of hydrogen-bond acceptors (Lipinski definition) is 2. The lowest BCUT2D eigenvalue weighted by Gasteiger charge is -2.07. The second kappa shape index (κ2) is 3.27. The summed E-state index contributed by atoms with van der Waals surface area (Å²) in [5.74, 6) is 3.32. The van der Waals surface area contributed by atoms with Crippen LogP contribution in [0, 0.1) is 0 Å². The number of alkyl halides is 3. The standard InChI is InChI=1S/C8H8F3NOS/c1-14(2,13)7-4-3-6(5-12-7)8(9,10)11/h3-5H,1H2,2H3. The first-order valence-electron chi connectivity index (χ1n) is 3.57. The molecule has 0 amide bonds. The molecule has 0 spiro atoms. The van der Waals surface area contributed by atoms with Crippen molar-refractivity contribution in [2.75, 3.05) is 6.26 Å². The normalized spacial score (nSPS) is 16.3. The first-order chi connectivity index (χ1) is 6.21. The summed E-state index contributed by atoms with van der Waals surface area (Å²) in [6, 6.07) is 1.93. The zero-order valence-corrected chi connectivity index (χ0v) is 8.15. The Labute approximate surface area is 79.8 Å². The maximum absolute atomic E-state index is 12.1. The summed E-state index contributed by atoms with van der Waals surface area (Å²) in [5, 5.41) is 0.0745. The van der Waals surface area contributed by atoms with Gasteiger partial charge >= 0.3 is 6.18 Å². The number of rotatable bonds is 1. The van der Waals surface area contributed by atoms with Crippen LogP contribution in [-0.2, 0) is 15.7 Å². The van der Waals surface area contributed by atoms with Crippen molar-refractivity contribution >= 4 is 15.4 Å². The Morgan fingerprint density at radius 3 is 2.29 bits per heavy atom. The van der Waals surface area contributed by atoms with Crippen molar-refractivity contribution in [2.45, 2.75) is 11.2 Å². The molecule has 0 N–H and O–H groups in total. The number of aromatic nitrogens is 1. The van der Waals surface area contributed by atoms with E-state index in [0.717, 1.165) is 12.1 Å². The first kappa shape index (κ1) is 11.0. The van der Waals surface area contributed by atoms with Crippen LogP contribution in [0.25, 0.3) is 0 Å². The summed E-state index contributed by atoms with van der Waals surface area (Å²) in [4.78, 5) is 3.46. The maximum Gasteiger partial charge on any atom is 0.417 e. The predicted octanol–water partition coefficient (Wildman–Crippen LogP) is 1.81. The van der Waals surface area contributed by atoms with Crippen LogP contribution < -0.4 is 0 Å². The Balaban J connectivity index is 3.14. The van der Waals surface area contributed by atoms with Crippen molar-refractivity contribution < 1.29 is 17.4 Å². The summed E-state index contributed by atoms with van der Waals surface area (Å²) in [6.07, 6.45) is -2.44. The van der Waals surface area contributed by atoms with Crippen LogP contribution >= 0.6 is 0 Å². The van der Waals surface area contributed by atoms with Gasteiger partial charge in [-0.2, -0.15) is 13.2 Å². The van der Waals surface area contributed by atoms with E-state index in [-0.39, 0.29) is 5.03 Å². The highest BCUT2D eigenvalue weighted by atomic mass is 32.2. The van der Waals surface area contributed by atoms with E-state index in [1.165, 1.54) is 6.26 Å². The molecular formula is C8H8F3NOS. The van der Waals surface area contributed by atoms with Gasteiger partial charge in [-0.1, -0.05) is 0 Å². The van der Waals surface area contributed by atoms with Gasteiger partial charge in [-0.25, -0.2) is 4.98 Å². The molecule has 1 heterocycles. The van der Waals surface area contributed by atoms with Crippen LogP contribution in [0.5, 0.6) is 0 Å². The molecule has 0 saturated heterocycles. The van der Waals surface area contributed by atoms with Crippen molar-refractivity contribution in [2.24, 2.45) is 0 Å². The number of hydrogen-bond donors (Lipinski definition) is 0. The third-order valence-electron chi connectivity index (χ3n) is 1.51. The fourth-order valence-corrected chi connectivity index (χ4v) is 1.43. The second-order valence-corrected chi connectivity index (χ2v) is 5.32. The SMILES string of the molecule is C=S(C)(=O)c1ccc(C(F)(F)F)cn1. The molecular weight excluding hydrogens is 215 g/mol. The largest absolute Gasteiger partial charge is 0.417 e. The molecule has 1 atom stereocenters. The van der Waals surface area contributed by atoms with Crippen LogP contribution in [0.15, 0.2) is 23.4 Å². The lowest BCUT2D eigenvalue weighted by molar-refractivity contribution is -0.137. The maximum atomic E-state index is 12.1. The highest BCUT2D eigenvalue weighted by molar-refractivity contribution is 7.99. The van der Waals surface area contributed by atoms with Crippen LogP contribution in [0.2, 0.25) is 0 Å². The van der Waals surface area contributed by atoms with Gasteiger partial charge < -0.3 is 0 Å². The molecule has 0 aliphatic heterocycles. The summed E-state index contributed by atoms with van der Waals surface area (Å²) in [5.41, 5.74) is -0.857. The molecule has 0 radical (unpaired) electrons. The Morgan fingerprint density at radius 1 is 1.43 bits per heavy atom. The molecule has 0 aliphatic carbocycles. The van der Waals surface area contributed by atoms with Crippen LogP contribution in [0.1, 0.15) is 5.56 Å². The van der Waals surface area contributed by atoms with E-state index in [1.54, 1.807) is 0 Å². The Kier molecular flexibility index (Phi) is 2.58. The van der Waals surface area contributed by atoms with Gasteiger partial charge in [0.15, 0.2) is 0 Å². The van der Waals surface area contributed by atoms with E-state index in [2.05, 4.69) is 10.9 Å². The third-order valence-corrected chi connectivity index (χ3v) is 2.63. The van der Waals surface area contributed by atoms with Crippen molar-refractivity contribution in [3.63, 3.8) is 0 Å². The van der Waals surface area contributed by atoms with E-state index in [1.807, 2.05) is 0 Å². The molecule has 0 bridgehead atoms. The van der Waals surface area contributed by atoms with Gasteiger partial charge in [0, 0.05) is 22.0 Å². The zero-order chi connectivity index (χ0) is 11.0. The predicted molar refractivity (Wildman–Crippen MR) is 48.7 cm³/mol. The fourth-order valence-electron chi connectivity index (χ4n) is 0.803. The smallest absolute Gasteiger partial charge is 0.262 e. The minimum atomic E-state index is -4.42. The van der Waals surface area contributed by atoms with Gasteiger partial charge in [0.1, 0.15) is 5.03 Å². The Bertz CT molecular complexity index is 419. The van der Waals surface area contributed by atoms with Crippen LogP contribution in [-0.4, -0.2) is 21.3 Å². The van der Waals surface area contributed by atoms with E-state index in [9.17, 15) is 17.4 Å². The molecule has 78 valence electrons. The number of nitrogens with zero attached hydrogens (tertiary/aromatic N) is 1. The molecule has 1 aromatic heterocycles. The van der Waals surface area contributed by atoms with Gasteiger partial charge in [-0.3, -0.25) is 4.21 Å². The second-order valence-electron chi connectivity index (χ2n) is 2.89. The number of halogens is 3. The van der Waals surface area contributed by atoms with Gasteiger partial charge in [0.25, 0.3) is 0 Å². The molecule has 1 unspecified atom stereocenters. The van der Waals surface area contributed by atoms with Crippen molar-refractivity contribution in [3.8, 4) is 0 Å².